The number of likely N-dealkylation sites (N-methyl/N-ethyl adjacent to an activating group) is 1. The Labute approximate surface area is 118 Å². The number of carbonyl (C=O) groups excluding carboxylic acids is 2. The molecule has 0 aliphatic carbocycles. The molecule has 108 valence electrons. The van der Waals surface area contributed by atoms with Crippen molar-refractivity contribution in [3.63, 3.8) is 0 Å². The normalized spacial score (nSPS) is 16.3. The molecule has 1 aromatic carbocycles. The Morgan fingerprint density at radius 3 is 2.85 bits per heavy atom. The van der Waals surface area contributed by atoms with Gasteiger partial charge in [0.25, 0.3) is 0 Å². The second-order valence-electron chi connectivity index (χ2n) is 5.09. The number of nitrogens with two attached hydrogens (primary N) is 1. The summed E-state index contributed by atoms with van der Waals surface area (Å²) in [4.78, 5) is 27.1. The number of rotatable bonds is 3. The fourth-order valence-electron chi connectivity index (χ4n) is 2.12. The van der Waals surface area contributed by atoms with Crippen molar-refractivity contribution in [3.8, 4) is 0 Å². The molecule has 0 unspecified atom stereocenters. The molecule has 0 bridgehead atoms. The van der Waals surface area contributed by atoms with E-state index in [4.69, 9.17) is 5.73 Å². The highest BCUT2D eigenvalue weighted by atomic mass is 16.2. The first kappa shape index (κ1) is 14.3. The van der Waals surface area contributed by atoms with Gasteiger partial charge in [0.1, 0.15) is 0 Å². The number of carbonyl (C=O) groups is 2. The van der Waals surface area contributed by atoms with Crippen LogP contribution in [0.4, 0.5) is 11.4 Å². The number of amides is 2. The highest BCUT2D eigenvalue weighted by Crippen LogP contribution is 2.20. The van der Waals surface area contributed by atoms with Gasteiger partial charge in [-0.15, -0.1) is 0 Å². The van der Waals surface area contributed by atoms with E-state index in [2.05, 4.69) is 5.32 Å². The molecule has 20 heavy (non-hydrogen) atoms. The third-order valence-electron chi connectivity index (χ3n) is 3.55. The van der Waals surface area contributed by atoms with Crippen LogP contribution in [-0.2, 0) is 9.59 Å². The lowest BCUT2D eigenvalue weighted by atomic mass is 10.1. The highest BCUT2D eigenvalue weighted by molar-refractivity contribution is 5.94. The van der Waals surface area contributed by atoms with E-state index < -0.39 is 0 Å². The topological polar surface area (TPSA) is 78.7 Å². The van der Waals surface area contributed by atoms with Crippen LogP contribution in [0.5, 0.6) is 0 Å². The molecule has 1 aliphatic heterocycles. The van der Waals surface area contributed by atoms with Crippen LogP contribution in [-0.4, -0.2) is 54.8 Å². The van der Waals surface area contributed by atoms with Gasteiger partial charge in [0.15, 0.2) is 0 Å². The molecule has 0 aromatic heterocycles. The van der Waals surface area contributed by atoms with Crippen LogP contribution in [0.15, 0.2) is 18.2 Å². The zero-order valence-corrected chi connectivity index (χ0v) is 11.8. The monoisotopic (exact) mass is 276 g/mol. The molecule has 0 atom stereocenters. The summed E-state index contributed by atoms with van der Waals surface area (Å²) in [6.45, 7) is 3.74. The van der Waals surface area contributed by atoms with E-state index in [9.17, 15) is 9.59 Å². The maximum absolute atomic E-state index is 12.0. The van der Waals surface area contributed by atoms with Gasteiger partial charge >= 0.3 is 0 Å². The zero-order chi connectivity index (χ0) is 14.7. The van der Waals surface area contributed by atoms with Crippen LogP contribution in [0.2, 0.25) is 0 Å². The van der Waals surface area contributed by atoms with Gasteiger partial charge in [-0.05, 0) is 24.6 Å². The minimum absolute atomic E-state index is 0.0455. The van der Waals surface area contributed by atoms with Gasteiger partial charge < -0.3 is 16.0 Å². The Kier molecular flexibility index (Phi) is 4.24. The summed E-state index contributed by atoms with van der Waals surface area (Å²) in [5.74, 6) is -0.0831. The van der Waals surface area contributed by atoms with Gasteiger partial charge in [-0.2, -0.15) is 0 Å². The molecule has 1 aromatic rings. The third-order valence-corrected chi connectivity index (χ3v) is 3.55. The lowest BCUT2D eigenvalue weighted by Gasteiger charge is -2.31. The van der Waals surface area contributed by atoms with E-state index in [1.165, 1.54) is 0 Å². The van der Waals surface area contributed by atoms with Gasteiger partial charge in [-0.25, -0.2) is 0 Å². The van der Waals surface area contributed by atoms with Crippen molar-refractivity contribution in [2.24, 2.45) is 0 Å². The minimum atomic E-state index is -0.129. The maximum Gasteiger partial charge on any atom is 0.238 e. The highest BCUT2D eigenvalue weighted by Gasteiger charge is 2.22. The third kappa shape index (κ3) is 3.27. The summed E-state index contributed by atoms with van der Waals surface area (Å²) in [6, 6.07) is 5.42. The molecule has 3 N–H and O–H groups in total. The first-order valence-corrected chi connectivity index (χ1v) is 6.58. The maximum atomic E-state index is 12.0. The average Bonchev–Trinajstić information content (AvgIpc) is 2.39. The van der Waals surface area contributed by atoms with E-state index in [1.807, 2.05) is 17.9 Å². The van der Waals surface area contributed by atoms with E-state index in [0.29, 0.717) is 25.3 Å². The van der Waals surface area contributed by atoms with Crippen LogP contribution in [0.3, 0.4) is 0 Å². The molecule has 1 saturated heterocycles. The summed E-state index contributed by atoms with van der Waals surface area (Å²) >= 11 is 0. The predicted octanol–water partition coefficient (Wildman–Crippen LogP) is 0.290. The van der Waals surface area contributed by atoms with Crippen LogP contribution < -0.4 is 11.1 Å². The van der Waals surface area contributed by atoms with E-state index in [-0.39, 0.29) is 18.4 Å². The van der Waals surface area contributed by atoms with Crippen molar-refractivity contribution < 1.29 is 9.59 Å². The molecule has 0 spiro atoms. The van der Waals surface area contributed by atoms with Crippen molar-refractivity contribution in [3.05, 3.63) is 23.8 Å². The number of nitrogens with one attached hydrogen (secondary N) is 1. The summed E-state index contributed by atoms with van der Waals surface area (Å²) < 4.78 is 0. The number of nitrogens with zero attached hydrogens (tertiary/aromatic N) is 2. The number of hydrogen-bond donors (Lipinski definition) is 2. The molecule has 0 saturated carbocycles. The Hall–Kier alpha value is -2.08. The van der Waals surface area contributed by atoms with Gasteiger partial charge in [-0.1, -0.05) is 6.07 Å². The van der Waals surface area contributed by atoms with Crippen LogP contribution in [0.25, 0.3) is 0 Å². The van der Waals surface area contributed by atoms with Crippen molar-refractivity contribution >= 4 is 23.2 Å². The molecular weight excluding hydrogens is 256 g/mol. The molecular formula is C14H20N4O2. The fraction of sp³-hybridized carbons (Fsp3) is 0.429. The van der Waals surface area contributed by atoms with Crippen LogP contribution in [0, 0.1) is 6.92 Å². The summed E-state index contributed by atoms with van der Waals surface area (Å²) in [7, 11) is 1.77. The second kappa shape index (κ2) is 5.92. The van der Waals surface area contributed by atoms with Crippen molar-refractivity contribution in [2.45, 2.75) is 6.92 Å². The van der Waals surface area contributed by atoms with Crippen LogP contribution in [0.1, 0.15) is 5.56 Å². The molecule has 1 heterocycles. The molecule has 6 nitrogen and oxygen atoms in total. The molecule has 1 fully saturated rings. The zero-order valence-electron chi connectivity index (χ0n) is 11.8. The molecule has 6 heteroatoms. The SMILES string of the molecule is Cc1c(N)cccc1NC(=O)CN1CCN(C)C(=O)C1. The lowest BCUT2D eigenvalue weighted by Crippen LogP contribution is -2.50. The van der Waals surface area contributed by atoms with Gasteiger partial charge in [0.05, 0.1) is 13.1 Å². The quantitative estimate of drug-likeness (QED) is 0.778. The van der Waals surface area contributed by atoms with Crippen LogP contribution >= 0.6 is 0 Å². The van der Waals surface area contributed by atoms with E-state index in [0.717, 1.165) is 11.3 Å². The average molecular weight is 276 g/mol. The first-order valence-electron chi connectivity index (χ1n) is 6.58. The van der Waals surface area contributed by atoms with E-state index >= 15 is 0 Å². The lowest BCUT2D eigenvalue weighted by molar-refractivity contribution is -0.135. The number of benzene rings is 1. The van der Waals surface area contributed by atoms with Gasteiger partial charge in [0.2, 0.25) is 11.8 Å². The number of hydrogen-bond acceptors (Lipinski definition) is 4. The molecule has 2 rings (SSSR count). The van der Waals surface area contributed by atoms with Crippen molar-refractivity contribution in [1.82, 2.24) is 9.80 Å². The van der Waals surface area contributed by atoms with E-state index in [1.54, 1.807) is 24.1 Å². The Balaban J connectivity index is 1.93. The first-order chi connectivity index (χ1) is 9.47. The summed E-state index contributed by atoms with van der Waals surface area (Å²) in [5.41, 5.74) is 8.03. The summed E-state index contributed by atoms with van der Waals surface area (Å²) in [5, 5.41) is 2.84. The number of nitrogen functional groups attached to an aromatic ring is 1. The van der Waals surface area contributed by atoms with Gasteiger partial charge in [-0.3, -0.25) is 14.5 Å². The Bertz CT molecular complexity index is 530. The fourth-order valence-corrected chi connectivity index (χ4v) is 2.12. The molecule has 2 amide bonds. The number of anilines is 2. The second-order valence-corrected chi connectivity index (χ2v) is 5.09. The van der Waals surface area contributed by atoms with Crippen molar-refractivity contribution in [1.29, 1.82) is 0 Å². The summed E-state index contributed by atoms with van der Waals surface area (Å²) in [6.07, 6.45) is 0. The predicted molar refractivity (Wildman–Crippen MR) is 78.3 cm³/mol. The molecule has 1 aliphatic rings. The number of piperazine rings is 1. The Morgan fingerprint density at radius 2 is 2.15 bits per heavy atom. The molecule has 0 radical (unpaired) electrons. The van der Waals surface area contributed by atoms with Gasteiger partial charge in [0, 0.05) is 31.5 Å². The smallest absolute Gasteiger partial charge is 0.238 e. The Morgan fingerprint density at radius 1 is 1.40 bits per heavy atom. The van der Waals surface area contributed by atoms with Crippen molar-refractivity contribution in [2.75, 3.05) is 44.3 Å². The standard InChI is InChI=1S/C14H20N4O2/c1-10-11(15)4-3-5-12(10)16-13(19)8-18-7-6-17(2)14(20)9-18/h3-5H,6-9,15H2,1-2H3,(H,16,19). The minimum Gasteiger partial charge on any atom is -0.398 e. The largest absolute Gasteiger partial charge is 0.398 e.